The van der Waals surface area contributed by atoms with Crippen LogP contribution in [0.4, 0.5) is 5.69 Å². The van der Waals surface area contributed by atoms with E-state index in [4.69, 9.17) is 4.52 Å². The fourth-order valence-electron chi connectivity index (χ4n) is 2.58. The van der Waals surface area contributed by atoms with Crippen LogP contribution in [0.15, 0.2) is 34.9 Å². The minimum absolute atomic E-state index is 0.100. The first-order valence-electron chi connectivity index (χ1n) is 6.65. The van der Waals surface area contributed by atoms with Crippen molar-refractivity contribution in [3.8, 4) is 0 Å². The number of hydrogen-bond acceptors (Lipinski definition) is 4. The van der Waals surface area contributed by atoms with E-state index < -0.39 is 0 Å². The maximum atomic E-state index is 12.5. The highest BCUT2D eigenvalue weighted by Crippen LogP contribution is 2.32. The lowest BCUT2D eigenvalue weighted by Crippen LogP contribution is -2.32. The first-order chi connectivity index (χ1) is 9.65. The minimum atomic E-state index is -0.121. The number of anilines is 1. The molecule has 2 aromatic rings. The summed E-state index contributed by atoms with van der Waals surface area (Å²) in [4.78, 5) is 14.2. The number of nitrogens with zero attached hydrogens (tertiary/aromatic N) is 2. The van der Waals surface area contributed by atoms with Gasteiger partial charge in [-0.2, -0.15) is 0 Å². The molecule has 5 nitrogen and oxygen atoms in total. The van der Waals surface area contributed by atoms with E-state index in [9.17, 15) is 4.79 Å². The Morgan fingerprint density at radius 1 is 1.50 bits per heavy atom. The highest BCUT2D eigenvalue weighted by atomic mass is 16.5. The summed E-state index contributed by atoms with van der Waals surface area (Å²) < 4.78 is 5.03. The lowest BCUT2D eigenvalue weighted by Gasteiger charge is -2.20. The van der Waals surface area contributed by atoms with Gasteiger partial charge in [-0.3, -0.25) is 4.79 Å². The average molecular weight is 271 g/mol. The van der Waals surface area contributed by atoms with Gasteiger partial charge in [0.2, 0.25) is 5.91 Å². The lowest BCUT2D eigenvalue weighted by molar-refractivity contribution is -0.131. The van der Waals surface area contributed by atoms with Crippen molar-refractivity contribution < 1.29 is 9.32 Å². The number of para-hydroxylation sites is 1. The van der Waals surface area contributed by atoms with Gasteiger partial charge in [-0.05, 0) is 18.6 Å². The second-order valence-corrected chi connectivity index (χ2v) is 5.14. The highest BCUT2D eigenvalue weighted by Gasteiger charge is 2.30. The Bertz CT molecular complexity index is 636. The first kappa shape index (κ1) is 12.7. The van der Waals surface area contributed by atoms with Gasteiger partial charge in [-0.15, -0.1) is 0 Å². The normalized spacial score (nSPS) is 16.6. The van der Waals surface area contributed by atoms with Crippen LogP contribution >= 0.6 is 0 Å². The molecule has 1 aliphatic heterocycles. The van der Waals surface area contributed by atoms with Crippen LogP contribution in [-0.4, -0.2) is 29.6 Å². The molecule has 0 aliphatic carbocycles. The third kappa shape index (κ3) is 2.27. The standard InChI is InChI=1S/C15H17N3O2/c1-10-7-11(17-20-10)9-18(2)15(19)13-8-16-14-6-4-3-5-12(13)14/h3-7,13,16H,8-9H2,1-2H3. The minimum Gasteiger partial charge on any atom is -0.384 e. The molecule has 0 radical (unpaired) electrons. The number of nitrogens with one attached hydrogen (secondary N) is 1. The van der Waals surface area contributed by atoms with Crippen molar-refractivity contribution >= 4 is 11.6 Å². The third-order valence-corrected chi connectivity index (χ3v) is 3.58. The molecule has 5 heteroatoms. The van der Waals surface area contributed by atoms with Gasteiger partial charge in [0.1, 0.15) is 11.5 Å². The smallest absolute Gasteiger partial charge is 0.232 e. The van der Waals surface area contributed by atoms with Crippen molar-refractivity contribution in [1.29, 1.82) is 0 Å². The average Bonchev–Trinajstić information content (AvgIpc) is 3.04. The van der Waals surface area contributed by atoms with Gasteiger partial charge >= 0.3 is 0 Å². The number of aromatic nitrogens is 1. The predicted molar refractivity (Wildman–Crippen MR) is 75.4 cm³/mol. The molecule has 2 heterocycles. The fourth-order valence-corrected chi connectivity index (χ4v) is 2.58. The van der Waals surface area contributed by atoms with Crippen molar-refractivity contribution in [3.63, 3.8) is 0 Å². The van der Waals surface area contributed by atoms with Crippen LogP contribution in [0.3, 0.4) is 0 Å². The van der Waals surface area contributed by atoms with Crippen LogP contribution in [0.5, 0.6) is 0 Å². The molecule has 1 N–H and O–H groups in total. The Morgan fingerprint density at radius 2 is 2.30 bits per heavy atom. The van der Waals surface area contributed by atoms with E-state index in [-0.39, 0.29) is 11.8 Å². The monoisotopic (exact) mass is 271 g/mol. The zero-order valence-electron chi connectivity index (χ0n) is 11.6. The zero-order valence-corrected chi connectivity index (χ0v) is 11.6. The Balaban J connectivity index is 1.73. The predicted octanol–water partition coefficient (Wildman–Crippen LogP) is 2.15. The molecule has 0 saturated carbocycles. The number of fused-ring (bicyclic) bond motifs is 1. The van der Waals surface area contributed by atoms with Crippen LogP contribution in [0.1, 0.15) is 22.9 Å². The molecule has 0 saturated heterocycles. The molecule has 20 heavy (non-hydrogen) atoms. The van der Waals surface area contributed by atoms with Gasteiger partial charge in [0, 0.05) is 25.3 Å². The van der Waals surface area contributed by atoms with E-state index >= 15 is 0 Å². The van der Waals surface area contributed by atoms with E-state index in [1.807, 2.05) is 37.3 Å². The van der Waals surface area contributed by atoms with E-state index in [0.717, 1.165) is 22.7 Å². The summed E-state index contributed by atoms with van der Waals surface area (Å²) in [5.74, 6) is 0.737. The molecule has 1 atom stereocenters. The van der Waals surface area contributed by atoms with Crippen molar-refractivity contribution in [2.24, 2.45) is 0 Å². The van der Waals surface area contributed by atoms with Crippen molar-refractivity contribution in [3.05, 3.63) is 47.3 Å². The summed E-state index contributed by atoms with van der Waals surface area (Å²) in [6.07, 6.45) is 0. The topological polar surface area (TPSA) is 58.4 Å². The summed E-state index contributed by atoms with van der Waals surface area (Å²) in [5, 5.41) is 7.20. The molecule has 1 aliphatic rings. The van der Waals surface area contributed by atoms with Crippen molar-refractivity contribution in [2.45, 2.75) is 19.4 Å². The molecule has 0 bridgehead atoms. The number of carbonyl (C=O) groups excluding carboxylic acids is 1. The second kappa shape index (κ2) is 5.00. The molecular weight excluding hydrogens is 254 g/mol. The Morgan fingerprint density at radius 3 is 3.05 bits per heavy atom. The van der Waals surface area contributed by atoms with Gasteiger partial charge in [0.25, 0.3) is 0 Å². The van der Waals surface area contributed by atoms with Gasteiger partial charge in [-0.25, -0.2) is 0 Å². The number of aryl methyl sites for hydroxylation is 1. The van der Waals surface area contributed by atoms with Crippen LogP contribution in [0.25, 0.3) is 0 Å². The maximum absolute atomic E-state index is 12.5. The second-order valence-electron chi connectivity index (χ2n) is 5.14. The molecular formula is C15H17N3O2. The fraction of sp³-hybridized carbons (Fsp3) is 0.333. The van der Waals surface area contributed by atoms with Gasteiger partial charge in [-0.1, -0.05) is 23.4 Å². The van der Waals surface area contributed by atoms with Crippen LogP contribution in [0, 0.1) is 6.92 Å². The number of amides is 1. The summed E-state index contributed by atoms with van der Waals surface area (Å²) >= 11 is 0. The van der Waals surface area contributed by atoms with Gasteiger partial charge < -0.3 is 14.7 Å². The number of rotatable bonds is 3. The zero-order chi connectivity index (χ0) is 14.1. The van der Waals surface area contributed by atoms with E-state index in [2.05, 4.69) is 10.5 Å². The van der Waals surface area contributed by atoms with Crippen LogP contribution < -0.4 is 5.32 Å². The summed E-state index contributed by atoms with van der Waals surface area (Å²) in [6.45, 7) is 2.96. The molecule has 1 aromatic heterocycles. The van der Waals surface area contributed by atoms with E-state index in [1.54, 1.807) is 11.9 Å². The van der Waals surface area contributed by atoms with Crippen molar-refractivity contribution in [2.75, 3.05) is 18.9 Å². The van der Waals surface area contributed by atoms with Crippen molar-refractivity contribution in [1.82, 2.24) is 10.1 Å². The largest absolute Gasteiger partial charge is 0.384 e. The van der Waals surface area contributed by atoms with Crippen LogP contribution in [-0.2, 0) is 11.3 Å². The number of hydrogen-bond donors (Lipinski definition) is 1. The van der Waals surface area contributed by atoms with E-state index in [1.165, 1.54) is 0 Å². The highest BCUT2D eigenvalue weighted by molar-refractivity contribution is 5.88. The number of carbonyl (C=O) groups is 1. The quantitative estimate of drug-likeness (QED) is 0.929. The van der Waals surface area contributed by atoms with Gasteiger partial charge in [0.05, 0.1) is 12.5 Å². The van der Waals surface area contributed by atoms with Crippen LogP contribution in [0.2, 0.25) is 0 Å². The third-order valence-electron chi connectivity index (χ3n) is 3.58. The molecule has 0 spiro atoms. The molecule has 104 valence electrons. The Kier molecular flexibility index (Phi) is 3.18. The Labute approximate surface area is 117 Å². The SMILES string of the molecule is Cc1cc(CN(C)C(=O)C2CNc3ccccc32)no1. The number of likely N-dealkylation sites (N-methyl/N-ethyl adjacent to an activating group) is 1. The molecule has 1 amide bonds. The maximum Gasteiger partial charge on any atom is 0.232 e. The van der Waals surface area contributed by atoms with E-state index in [0.29, 0.717) is 13.1 Å². The first-order valence-corrected chi connectivity index (χ1v) is 6.65. The number of benzene rings is 1. The molecule has 3 rings (SSSR count). The Hall–Kier alpha value is -2.30. The lowest BCUT2D eigenvalue weighted by atomic mass is 10.00. The summed E-state index contributed by atoms with van der Waals surface area (Å²) in [7, 11) is 1.80. The summed E-state index contributed by atoms with van der Waals surface area (Å²) in [5.41, 5.74) is 2.90. The molecule has 0 fully saturated rings. The molecule has 1 unspecified atom stereocenters. The van der Waals surface area contributed by atoms with Gasteiger partial charge in [0.15, 0.2) is 0 Å². The molecule has 1 aromatic carbocycles. The summed E-state index contributed by atoms with van der Waals surface area (Å²) in [6, 6.07) is 9.80.